The molecule has 8 nitrogen and oxygen atoms in total. The van der Waals surface area contributed by atoms with E-state index in [-0.39, 0.29) is 23.7 Å². The highest BCUT2D eigenvalue weighted by Gasteiger charge is 2.26. The third-order valence-electron chi connectivity index (χ3n) is 13.6. The second-order valence-corrected chi connectivity index (χ2v) is 20.5. The first-order valence-electron chi connectivity index (χ1n) is 28.2. The van der Waals surface area contributed by atoms with Crippen LogP contribution in [0.5, 0.6) is 0 Å². The standard InChI is InChI=1S/C28H57NO3S.C28H57NO3/c1-4-6-8-10-12-14-16-18-20-26(31)22-29(28(24-33)25(3)30)23-27(32)21-19-17-15-13-11-9-7-5-2;1-5-7-9-11-13-15-17-19-21-27(31)23-29(25(3)26(4)30)24-28(32)22-20-18-16-14-12-10-8-6-2/h26-28,31-33H,4-24H2,1-3H3;25,27-28,31-32H,5-24H2,1-4H3. The number of rotatable bonds is 49. The monoisotopic (exact) mass is 943 g/mol. The molecule has 0 aromatic heterocycles. The first kappa shape index (κ1) is 66.5. The summed E-state index contributed by atoms with van der Waals surface area (Å²) in [5.74, 6) is 0.580. The van der Waals surface area contributed by atoms with Gasteiger partial charge in [-0.1, -0.05) is 233 Å². The van der Waals surface area contributed by atoms with Crippen molar-refractivity contribution in [2.45, 2.75) is 316 Å². The van der Waals surface area contributed by atoms with Crippen LogP contribution < -0.4 is 0 Å². The van der Waals surface area contributed by atoms with Gasteiger partial charge < -0.3 is 20.4 Å². The Morgan fingerprint density at radius 3 is 0.785 bits per heavy atom. The van der Waals surface area contributed by atoms with Gasteiger partial charge >= 0.3 is 0 Å². The van der Waals surface area contributed by atoms with E-state index >= 15 is 0 Å². The molecule has 0 aliphatic rings. The van der Waals surface area contributed by atoms with Crippen molar-refractivity contribution < 1.29 is 30.0 Å². The summed E-state index contributed by atoms with van der Waals surface area (Å²) in [6.45, 7) is 15.9. The van der Waals surface area contributed by atoms with Gasteiger partial charge in [0.1, 0.15) is 11.6 Å². The number of unbranched alkanes of at least 4 members (excludes halogenated alkanes) is 28. The van der Waals surface area contributed by atoms with Gasteiger partial charge in [-0.25, -0.2) is 0 Å². The lowest BCUT2D eigenvalue weighted by molar-refractivity contribution is -0.123. The first-order valence-corrected chi connectivity index (χ1v) is 28.8. The van der Waals surface area contributed by atoms with Crippen molar-refractivity contribution in [2.24, 2.45) is 0 Å². The van der Waals surface area contributed by atoms with Gasteiger partial charge in [0.15, 0.2) is 0 Å². The molecule has 0 aromatic carbocycles. The summed E-state index contributed by atoms with van der Waals surface area (Å²) >= 11 is 4.38. The molecule has 0 aliphatic heterocycles. The van der Waals surface area contributed by atoms with Crippen LogP contribution in [0.4, 0.5) is 0 Å². The molecule has 0 spiro atoms. The van der Waals surface area contributed by atoms with E-state index in [1.807, 2.05) is 16.7 Å². The number of aliphatic hydroxyl groups excluding tert-OH is 4. The maximum Gasteiger partial charge on any atom is 0.147 e. The van der Waals surface area contributed by atoms with Crippen LogP contribution in [-0.4, -0.2) is 110 Å². The van der Waals surface area contributed by atoms with E-state index in [0.717, 1.165) is 64.2 Å². The Morgan fingerprint density at radius 1 is 0.369 bits per heavy atom. The molecule has 0 fully saturated rings. The molecule has 0 heterocycles. The molecule has 65 heavy (non-hydrogen) atoms. The van der Waals surface area contributed by atoms with Crippen molar-refractivity contribution in [2.75, 3.05) is 31.9 Å². The lowest BCUT2D eigenvalue weighted by Gasteiger charge is -2.32. The molecule has 0 saturated carbocycles. The van der Waals surface area contributed by atoms with Crippen LogP contribution in [0.25, 0.3) is 0 Å². The van der Waals surface area contributed by atoms with Crippen molar-refractivity contribution in [3.8, 4) is 0 Å². The number of hydrogen-bond acceptors (Lipinski definition) is 9. The third kappa shape index (κ3) is 44.4. The number of hydrogen-bond donors (Lipinski definition) is 5. The maximum absolute atomic E-state index is 12.1. The van der Waals surface area contributed by atoms with Crippen molar-refractivity contribution in [3.63, 3.8) is 0 Å². The molecule has 9 heteroatoms. The minimum Gasteiger partial charge on any atom is -0.392 e. The van der Waals surface area contributed by atoms with Gasteiger partial charge in [0, 0.05) is 31.9 Å². The van der Waals surface area contributed by atoms with E-state index in [1.165, 1.54) is 167 Å². The quantitative estimate of drug-likeness (QED) is 0.0302. The zero-order valence-corrected chi connectivity index (χ0v) is 45.3. The molecule has 0 radical (unpaired) electrons. The molecule has 0 bridgehead atoms. The summed E-state index contributed by atoms with van der Waals surface area (Å²) in [6, 6.07) is -0.591. The summed E-state index contributed by atoms with van der Waals surface area (Å²) in [6.07, 6.45) is 41.4. The maximum atomic E-state index is 12.1. The van der Waals surface area contributed by atoms with Crippen molar-refractivity contribution in [1.29, 1.82) is 0 Å². The van der Waals surface area contributed by atoms with Crippen LogP contribution in [0.15, 0.2) is 0 Å². The number of ketones is 2. The number of nitrogens with zero attached hydrogens (tertiary/aromatic N) is 2. The SMILES string of the molecule is CCCCCCCCCCC(O)CN(CC(O)CCCCCCCCCC)C(C)C(C)=O.CCCCCCCCCCC(O)CN(CC(O)CCCCCCCCCC)C(CS)C(C)=O. The van der Waals surface area contributed by atoms with Gasteiger partial charge in [0.25, 0.3) is 0 Å². The fourth-order valence-corrected chi connectivity index (χ4v) is 9.47. The van der Waals surface area contributed by atoms with E-state index in [9.17, 15) is 30.0 Å². The number of carbonyl (C=O) groups excluding carboxylic acids is 2. The van der Waals surface area contributed by atoms with E-state index in [2.05, 4.69) is 40.3 Å². The second-order valence-electron chi connectivity index (χ2n) is 20.2. The van der Waals surface area contributed by atoms with E-state index < -0.39 is 24.4 Å². The molecular formula is C56H114N2O6S. The Labute approximate surface area is 410 Å². The Balaban J connectivity index is 0. The molecule has 0 rings (SSSR count). The molecule has 6 atom stereocenters. The molecule has 6 unspecified atom stereocenters. The summed E-state index contributed by atoms with van der Waals surface area (Å²) in [5, 5.41) is 42.3. The topological polar surface area (TPSA) is 122 Å². The summed E-state index contributed by atoms with van der Waals surface area (Å²) in [7, 11) is 0. The average molecular weight is 944 g/mol. The van der Waals surface area contributed by atoms with Gasteiger partial charge in [0.2, 0.25) is 0 Å². The van der Waals surface area contributed by atoms with E-state index in [1.54, 1.807) is 13.8 Å². The van der Waals surface area contributed by atoms with Crippen molar-refractivity contribution in [1.82, 2.24) is 9.80 Å². The highest BCUT2D eigenvalue weighted by Crippen LogP contribution is 2.18. The van der Waals surface area contributed by atoms with Crippen LogP contribution >= 0.6 is 12.6 Å². The number of thiol groups is 1. The number of Topliss-reactive ketones (excluding diaryl/α,β-unsaturated/α-hetero) is 2. The van der Waals surface area contributed by atoms with Gasteiger partial charge in [-0.05, 0) is 46.5 Å². The molecule has 0 aliphatic carbocycles. The van der Waals surface area contributed by atoms with Gasteiger partial charge in [-0.3, -0.25) is 19.4 Å². The summed E-state index contributed by atoms with van der Waals surface area (Å²) in [4.78, 5) is 28.1. The smallest absolute Gasteiger partial charge is 0.147 e. The zero-order valence-electron chi connectivity index (χ0n) is 44.4. The third-order valence-corrected chi connectivity index (χ3v) is 13.9. The summed E-state index contributed by atoms with van der Waals surface area (Å²) < 4.78 is 0. The number of carbonyl (C=O) groups is 2. The fraction of sp³-hybridized carbons (Fsp3) is 0.964. The Morgan fingerprint density at radius 2 is 0.585 bits per heavy atom. The minimum absolute atomic E-state index is 0.0589. The van der Waals surface area contributed by atoms with E-state index in [0.29, 0.717) is 31.9 Å². The minimum atomic E-state index is -0.456. The normalized spacial score (nSPS) is 14.6. The van der Waals surface area contributed by atoms with Crippen molar-refractivity contribution in [3.05, 3.63) is 0 Å². The molecule has 390 valence electrons. The number of aliphatic hydroxyl groups is 4. The molecule has 0 saturated heterocycles. The predicted octanol–water partition coefficient (Wildman–Crippen LogP) is 14.0. The van der Waals surface area contributed by atoms with Crippen molar-refractivity contribution >= 4 is 24.2 Å². The van der Waals surface area contributed by atoms with Crippen LogP contribution in [0.2, 0.25) is 0 Å². The Hall–Kier alpha value is -0.550. The molecular weight excluding hydrogens is 829 g/mol. The lowest BCUT2D eigenvalue weighted by Crippen LogP contribution is -2.48. The van der Waals surface area contributed by atoms with Gasteiger partial charge in [-0.15, -0.1) is 0 Å². The molecule has 0 aromatic rings. The fourth-order valence-electron chi connectivity index (χ4n) is 8.98. The van der Waals surface area contributed by atoms with Crippen LogP contribution in [0, 0.1) is 0 Å². The molecule has 0 amide bonds. The van der Waals surface area contributed by atoms with Crippen LogP contribution in [0.3, 0.4) is 0 Å². The average Bonchev–Trinajstić information content (AvgIpc) is 3.27. The van der Waals surface area contributed by atoms with E-state index in [4.69, 9.17) is 0 Å². The van der Waals surface area contributed by atoms with Crippen LogP contribution in [0.1, 0.15) is 280 Å². The highest BCUT2D eigenvalue weighted by molar-refractivity contribution is 7.80. The summed E-state index contributed by atoms with van der Waals surface area (Å²) in [5.41, 5.74) is 0. The second kappa shape index (κ2) is 49.9. The Bertz CT molecular complexity index is 950. The largest absolute Gasteiger partial charge is 0.392 e. The zero-order chi connectivity index (χ0) is 48.8. The molecule has 4 N–H and O–H groups in total. The highest BCUT2D eigenvalue weighted by atomic mass is 32.1. The predicted molar refractivity (Wildman–Crippen MR) is 285 cm³/mol. The first-order chi connectivity index (χ1) is 31.4. The Kier molecular flexibility index (Phi) is 51.0. The lowest BCUT2D eigenvalue weighted by atomic mass is 10.0. The van der Waals surface area contributed by atoms with Gasteiger partial charge in [0.05, 0.1) is 36.5 Å². The van der Waals surface area contributed by atoms with Gasteiger partial charge in [-0.2, -0.15) is 12.6 Å². The van der Waals surface area contributed by atoms with Crippen LogP contribution in [-0.2, 0) is 9.59 Å².